The molecular weight excluding hydrogens is 324 g/mol. The van der Waals surface area contributed by atoms with E-state index < -0.39 is 0 Å². The van der Waals surface area contributed by atoms with Gasteiger partial charge in [0.2, 0.25) is 0 Å². The summed E-state index contributed by atoms with van der Waals surface area (Å²) in [4.78, 5) is 11.4. The van der Waals surface area contributed by atoms with E-state index in [-0.39, 0.29) is 11.6 Å². The summed E-state index contributed by atoms with van der Waals surface area (Å²) >= 11 is 3.44. The second-order valence-electron chi connectivity index (χ2n) is 5.06. The van der Waals surface area contributed by atoms with E-state index in [0.717, 1.165) is 16.5 Å². The van der Waals surface area contributed by atoms with Crippen molar-refractivity contribution >= 4 is 21.9 Å². The molecule has 0 spiro atoms. The molecule has 0 aromatic heterocycles. The predicted molar refractivity (Wildman–Crippen MR) is 80.8 cm³/mol. The lowest BCUT2D eigenvalue weighted by Gasteiger charge is -2.22. The molecule has 20 heavy (non-hydrogen) atoms. The summed E-state index contributed by atoms with van der Waals surface area (Å²) in [5.74, 6) is -0.347. The molecule has 0 aliphatic carbocycles. The van der Waals surface area contributed by atoms with Gasteiger partial charge in [0.25, 0.3) is 0 Å². The molecule has 0 unspecified atom stereocenters. The van der Waals surface area contributed by atoms with Crippen LogP contribution in [0.2, 0.25) is 0 Å². The van der Waals surface area contributed by atoms with Crippen LogP contribution in [0.4, 0.5) is 0 Å². The van der Waals surface area contributed by atoms with Gasteiger partial charge in [0.05, 0.1) is 24.9 Å². The third-order valence-electron chi connectivity index (χ3n) is 3.13. The van der Waals surface area contributed by atoms with E-state index in [1.165, 1.54) is 7.11 Å². The Balaban J connectivity index is 2.51. The zero-order chi connectivity index (χ0) is 15.2. The Morgan fingerprint density at radius 3 is 2.55 bits per heavy atom. The molecule has 0 N–H and O–H groups in total. The number of rotatable bonds is 7. The van der Waals surface area contributed by atoms with Crippen molar-refractivity contribution in [3.05, 3.63) is 33.8 Å². The van der Waals surface area contributed by atoms with Gasteiger partial charge >= 0.3 is 5.97 Å². The fraction of sp³-hybridized carbons (Fsp3) is 0.533. The zero-order valence-electron chi connectivity index (χ0n) is 12.4. The molecule has 112 valence electrons. The fourth-order valence-electron chi connectivity index (χ4n) is 1.51. The number of hydrogen-bond donors (Lipinski definition) is 0. The van der Waals surface area contributed by atoms with Gasteiger partial charge < -0.3 is 14.2 Å². The van der Waals surface area contributed by atoms with Crippen LogP contribution in [-0.2, 0) is 20.8 Å². The van der Waals surface area contributed by atoms with Crippen LogP contribution in [-0.4, -0.2) is 32.4 Å². The van der Waals surface area contributed by atoms with Crippen LogP contribution in [0.15, 0.2) is 22.7 Å². The molecular formula is C15H21BrO4. The van der Waals surface area contributed by atoms with E-state index in [1.807, 2.05) is 19.9 Å². The van der Waals surface area contributed by atoms with Crippen LogP contribution in [0, 0.1) is 0 Å². The summed E-state index contributed by atoms with van der Waals surface area (Å²) in [5.41, 5.74) is 1.34. The van der Waals surface area contributed by atoms with Crippen molar-refractivity contribution in [1.82, 2.24) is 0 Å². The lowest BCUT2D eigenvalue weighted by Crippen LogP contribution is -2.24. The molecule has 0 atom stereocenters. The van der Waals surface area contributed by atoms with Gasteiger partial charge in [0, 0.05) is 18.2 Å². The average molecular weight is 345 g/mol. The van der Waals surface area contributed by atoms with E-state index in [4.69, 9.17) is 9.47 Å². The average Bonchev–Trinajstić information content (AvgIpc) is 2.44. The topological polar surface area (TPSA) is 44.8 Å². The number of benzene rings is 1. The minimum Gasteiger partial charge on any atom is -0.465 e. The molecule has 0 heterocycles. The first-order valence-electron chi connectivity index (χ1n) is 6.39. The van der Waals surface area contributed by atoms with Crippen LogP contribution in [0.25, 0.3) is 0 Å². The molecule has 0 saturated heterocycles. The number of carbonyl (C=O) groups is 1. The van der Waals surface area contributed by atoms with Gasteiger partial charge in [-0.1, -0.05) is 22.0 Å². The minimum atomic E-state index is -0.347. The summed E-state index contributed by atoms with van der Waals surface area (Å²) in [6.07, 6.45) is 0.821. The molecule has 0 fully saturated rings. The molecule has 0 radical (unpaired) electrons. The van der Waals surface area contributed by atoms with Gasteiger partial charge in [-0.25, -0.2) is 4.79 Å². The monoisotopic (exact) mass is 344 g/mol. The third kappa shape index (κ3) is 5.23. The molecule has 0 saturated carbocycles. The number of methoxy groups -OCH3 is 2. The number of esters is 1. The number of ether oxygens (including phenoxy) is 3. The number of hydrogen-bond acceptors (Lipinski definition) is 4. The van der Waals surface area contributed by atoms with Crippen molar-refractivity contribution < 1.29 is 19.0 Å². The van der Waals surface area contributed by atoms with E-state index in [9.17, 15) is 4.79 Å². The summed E-state index contributed by atoms with van der Waals surface area (Å²) in [7, 11) is 3.06. The number of carbonyl (C=O) groups excluding carboxylic acids is 1. The van der Waals surface area contributed by atoms with Crippen molar-refractivity contribution in [2.75, 3.05) is 20.8 Å². The molecule has 0 aliphatic rings. The maximum Gasteiger partial charge on any atom is 0.337 e. The first-order chi connectivity index (χ1) is 9.39. The van der Waals surface area contributed by atoms with Crippen molar-refractivity contribution in [2.24, 2.45) is 0 Å². The SMILES string of the molecule is COC(=O)c1ccc(COCCC(C)(C)OC)c(Br)c1. The number of halogens is 1. The summed E-state index contributed by atoms with van der Waals surface area (Å²) in [6, 6.07) is 5.33. The van der Waals surface area contributed by atoms with E-state index in [0.29, 0.717) is 18.8 Å². The van der Waals surface area contributed by atoms with E-state index in [2.05, 4.69) is 20.7 Å². The lowest BCUT2D eigenvalue weighted by atomic mass is 10.1. The molecule has 1 rings (SSSR count). The highest BCUT2D eigenvalue weighted by molar-refractivity contribution is 9.10. The van der Waals surface area contributed by atoms with Gasteiger partial charge in [-0.05, 0) is 38.0 Å². The van der Waals surface area contributed by atoms with Gasteiger partial charge in [0.15, 0.2) is 0 Å². The Morgan fingerprint density at radius 2 is 2.00 bits per heavy atom. The Kier molecular flexibility index (Phi) is 6.65. The second-order valence-corrected chi connectivity index (χ2v) is 5.92. The Bertz CT molecular complexity index is 457. The lowest BCUT2D eigenvalue weighted by molar-refractivity contribution is -0.0125. The normalized spacial score (nSPS) is 11.4. The fourth-order valence-corrected chi connectivity index (χ4v) is 2.00. The van der Waals surface area contributed by atoms with Crippen molar-refractivity contribution in [3.8, 4) is 0 Å². The maximum absolute atomic E-state index is 11.4. The molecule has 4 nitrogen and oxygen atoms in total. The van der Waals surface area contributed by atoms with Crippen LogP contribution < -0.4 is 0 Å². The second kappa shape index (κ2) is 7.76. The Hall–Kier alpha value is -0.910. The van der Waals surface area contributed by atoms with Gasteiger partial charge in [0.1, 0.15) is 0 Å². The first kappa shape index (κ1) is 17.1. The highest BCUT2D eigenvalue weighted by Crippen LogP contribution is 2.21. The molecule has 1 aromatic rings. The zero-order valence-corrected chi connectivity index (χ0v) is 14.0. The van der Waals surface area contributed by atoms with Crippen molar-refractivity contribution in [1.29, 1.82) is 0 Å². The quantitative estimate of drug-likeness (QED) is 0.560. The van der Waals surface area contributed by atoms with Gasteiger partial charge in [-0.15, -0.1) is 0 Å². The van der Waals surface area contributed by atoms with Gasteiger partial charge in [-0.2, -0.15) is 0 Å². The van der Waals surface area contributed by atoms with Crippen molar-refractivity contribution in [2.45, 2.75) is 32.5 Å². The molecule has 1 aromatic carbocycles. The van der Waals surface area contributed by atoms with Crippen LogP contribution in [0.5, 0.6) is 0 Å². The standard InChI is InChI=1S/C15H21BrO4/c1-15(2,19-4)7-8-20-10-12-6-5-11(9-13(12)16)14(17)18-3/h5-6,9H,7-8,10H2,1-4H3. The Morgan fingerprint density at radius 1 is 1.30 bits per heavy atom. The third-order valence-corrected chi connectivity index (χ3v) is 3.87. The summed E-state index contributed by atoms with van der Waals surface area (Å²) in [5, 5.41) is 0. The summed E-state index contributed by atoms with van der Waals surface area (Å²) in [6.45, 7) is 5.16. The largest absolute Gasteiger partial charge is 0.465 e. The van der Waals surface area contributed by atoms with Gasteiger partial charge in [-0.3, -0.25) is 0 Å². The maximum atomic E-state index is 11.4. The highest BCUT2D eigenvalue weighted by Gasteiger charge is 2.15. The molecule has 5 heteroatoms. The molecule has 0 bridgehead atoms. The van der Waals surface area contributed by atoms with Crippen molar-refractivity contribution in [3.63, 3.8) is 0 Å². The summed E-state index contributed by atoms with van der Waals surface area (Å²) < 4.78 is 16.5. The molecule has 0 amide bonds. The predicted octanol–water partition coefficient (Wildman–Crippen LogP) is 3.57. The smallest absolute Gasteiger partial charge is 0.337 e. The highest BCUT2D eigenvalue weighted by atomic mass is 79.9. The van der Waals surface area contributed by atoms with E-state index in [1.54, 1.807) is 19.2 Å². The van der Waals surface area contributed by atoms with E-state index >= 15 is 0 Å². The first-order valence-corrected chi connectivity index (χ1v) is 7.18. The Labute approximate surface area is 128 Å². The van der Waals surface area contributed by atoms with Crippen LogP contribution in [0.1, 0.15) is 36.2 Å². The molecule has 0 aliphatic heterocycles. The van der Waals surface area contributed by atoms with Crippen LogP contribution >= 0.6 is 15.9 Å². The minimum absolute atomic E-state index is 0.175. The van der Waals surface area contributed by atoms with Crippen LogP contribution in [0.3, 0.4) is 0 Å².